The molecule has 0 fully saturated rings. The lowest BCUT2D eigenvalue weighted by atomic mass is 10.2. The van der Waals surface area contributed by atoms with Gasteiger partial charge in [-0.25, -0.2) is 4.98 Å². The van der Waals surface area contributed by atoms with Gasteiger partial charge in [0.25, 0.3) is 5.91 Å². The standard InChI is InChI=1S/C11H16ClN3O/c1-3-5-14-11(16)8-6-9(12)10(13-4-2)15-7-8/h6-7H,3-5H2,1-2H3,(H,13,15)(H,14,16). The van der Waals surface area contributed by atoms with Crippen molar-refractivity contribution in [2.24, 2.45) is 0 Å². The summed E-state index contributed by atoms with van der Waals surface area (Å²) in [6, 6.07) is 1.62. The molecular formula is C11H16ClN3O. The maximum absolute atomic E-state index is 11.6. The Balaban J connectivity index is 2.76. The summed E-state index contributed by atoms with van der Waals surface area (Å²) in [7, 11) is 0. The molecule has 0 unspecified atom stereocenters. The van der Waals surface area contributed by atoms with Crippen molar-refractivity contribution in [2.75, 3.05) is 18.4 Å². The molecule has 0 saturated heterocycles. The molecule has 4 nitrogen and oxygen atoms in total. The van der Waals surface area contributed by atoms with Crippen molar-refractivity contribution in [2.45, 2.75) is 20.3 Å². The smallest absolute Gasteiger partial charge is 0.252 e. The van der Waals surface area contributed by atoms with E-state index >= 15 is 0 Å². The van der Waals surface area contributed by atoms with Crippen LogP contribution < -0.4 is 10.6 Å². The van der Waals surface area contributed by atoms with Crippen LogP contribution in [-0.2, 0) is 0 Å². The molecule has 16 heavy (non-hydrogen) atoms. The molecular weight excluding hydrogens is 226 g/mol. The minimum atomic E-state index is -0.140. The Kier molecular flexibility index (Phi) is 5.05. The Morgan fingerprint density at radius 1 is 1.50 bits per heavy atom. The summed E-state index contributed by atoms with van der Waals surface area (Å²) in [5, 5.41) is 6.24. The SMILES string of the molecule is CCCNC(=O)c1cnc(NCC)c(Cl)c1. The number of carbonyl (C=O) groups excluding carboxylic acids is 1. The predicted octanol–water partition coefficient (Wildman–Crippen LogP) is 2.31. The van der Waals surface area contributed by atoms with Crippen molar-refractivity contribution in [1.29, 1.82) is 0 Å². The zero-order valence-corrected chi connectivity index (χ0v) is 10.3. The van der Waals surface area contributed by atoms with Gasteiger partial charge in [0.1, 0.15) is 5.82 Å². The summed E-state index contributed by atoms with van der Waals surface area (Å²) in [5.41, 5.74) is 0.486. The molecule has 0 aliphatic rings. The number of carbonyl (C=O) groups is 1. The second kappa shape index (κ2) is 6.33. The lowest BCUT2D eigenvalue weighted by Gasteiger charge is -2.07. The number of anilines is 1. The molecule has 88 valence electrons. The number of aromatic nitrogens is 1. The Bertz CT molecular complexity index is 368. The molecule has 1 heterocycles. The second-order valence-corrected chi connectivity index (χ2v) is 3.75. The molecule has 0 aliphatic heterocycles. The Morgan fingerprint density at radius 3 is 2.81 bits per heavy atom. The summed E-state index contributed by atoms with van der Waals surface area (Å²) in [5.74, 6) is 0.468. The van der Waals surface area contributed by atoms with Crippen LogP contribution in [0.3, 0.4) is 0 Å². The molecule has 0 saturated carbocycles. The molecule has 5 heteroatoms. The van der Waals surface area contributed by atoms with Crippen LogP contribution in [0, 0.1) is 0 Å². The first-order chi connectivity index (χ1) is 7.69. The highest BCUT2D eigenvalue weighted by molar-refractivity contribution is 6.33. The molecule has 1 aromatic heterocycles. The molecule has 1 aromatic rings. The van der Waals surface area contributed by atoms with Gasteiger partial charge in [0.2, 0.25) is 0 Å². The number of halogens is 1. The van der Waals surface area contributed by atoms with Gasteiger partial charge in [0.15, 0.2) is 0 Å². The van der Waals surface area contributed by atoms with E-state index in [2.05, 4.69) is 15.6 Å². The number of amides is 1. The van der Waals surface area contributed by atoms with Gasteiger partial charge in [-0.15, -0.1) is 0 Å². The van der Waals surface area contributed by atoms with E-state index in [1.54, 1.807) is 6.07 Å². The molecule has 1 rings (SSSR count). The lowest BCUT2D eigenvalue weighted by molar-refractivity contribution is 0.0953. The van der Waals surface area contributed by atoms with Crippen LogP contribution in [0.5, 0.6) is 0 Å². The van der Waals surface area contributed by atoms with E-state index in [0.29, 0.717) is 22.9 Å². The minimum absolute atomic E-state index is 0.140. The monoisotopic (exact) mass is 241 g/mol. The van der Waals surface area contributed by atoms with Crippen LogP contribution in [0.2, 0.25) is 5.02 Å². The topological polar surface area (TPSA) is 54.0 Å². The summed E-state index contributed by atoms with van der Waals surface area (Å²) in [4.78, 5) is 15.7. The zero-order valence-electron chi connectivity index (χ0n) is 9.51. The van der Waals surface area contributed by atoms with Crippen molar-refractivity contribution >= 4 is 23.3 Å². The van der Waals surface area contributed by atoms with Crippen LogP contribution in [0.4, 0.5) is 5.82 Å². The fourth-order valence-corrected chi connectivity index (χ4v) is 1.43. The first-order valence-electron chi connectivity index (χ1n) is 5.36. The van der Waals surface area contributed by atoms with Crippen LogP contribution in [-0.4, -0.2) is 24.0 Å². The number of nitrogens with zero attached hydrogens (tertiary/aromatic N) is 1. The normalized spacial score (nSPS) is 9.94. The highest BCUT2D eigenvalue weighted by atomic mass is 35.5. The van der Waals surface area contributed by atoms with Crippen LogP contribution >= 0.6 is 11.6 Å². The van der Waals surface area contributed by atoms with Crippen molar-refractivity contribution in [3.8, 4) is 0 Å². The van der Waals surface area contributed by atoms with E-state index in [1.165, 1.54) is 6.20 Å². The summed E-state index contributed by atoms with van der Waals surface area (Å²) >= 11 is 5.98. The van der Waals surface area contributed by atoms with Crippen LogP contribution in [0.15, 0.2) is 12.3 Å². The van der Waals surface area contributed by atoms with E-state index in [-0.39, 0.29) is 5.91 Å². The molecule has 0 bridgehead atoms. The van der Waals surface area contributed by atoms with Gasteiger partial charge in [-0.3, -0.25) is 4.79 Å². The van der Waals surface area contributed by atoms with Gasteiger partial charge in [-0.1, -0.05) is 18.5 Å². The lowest BCUT2D eigenvalue weighted by Crippen LogP contribution is -2.24. The van der Waals surface area contributed by atoms with Crippen LogP contribution in [0.25, 0.3) is 0 Å². The molecule has 1 amide bonds. The van der Waals surface area contributed by atoms with Gasteiger partial charge in [0.05, 0.1) is 10.6 Å². The second-order valence-electron chi connectivity index (χ2n) is 3.34. The zero-order chi connectivity index (χ0) is 12.0. The molecule has 2 N–H and O–H groups in total. The average Bonchev–Trinajstić information content (AvgIpc) is 2.29. The quantitative estimate of drug-likeness (QED) is 0.832. The van der Waals surface area contributed by atoms with E-state index in [0.717, 1.165) is 13.0 Å². The average molecular weight is 242 g/mol. The third kappa shape index (κ3) is 3.38. The van der Waals surface area contributed by atoms with Gasteiger partial charge in [-0.05, 0) is 19.4 Å². The fourth-order valence-electron chi connectivity index (χ4n) is 1.20. The molecule has 0 spiro atoms. The molecule has 0 atom stereocenters. The van der Waals surface area contributed by atoms with E-state index in [4.69, 9.17) is 11.6 Å². The maximum Gasteiger partial charge on any atom is 0.252 e. The molecule has 0 aromatic carbocycles. The third-order valence-electron chi connectivity index (χ3n) is 1.98. The van der Waals surface area contributed by atoms with Crippen molar-refractivity contribution < 1.29 is 4.79 Å². The maximum atomic E-state index is 11.6. The highest BCUT2D eigenvalue weighted by Gasteiger charge is 2.08. The summed E-state index contributed by atoms with van der Waals surface area (Å²) in [6.45, 7) is 5.36. The summed E-state index contributed by atoms with van der Waals surface area (Å²) < 4.78 is 0. The van der Waals surface area contributed by atoms with E-state index < -0.39 is 0 Å². The van der Waals surface area contributed by atoms with E-state index in [1.807, 2.05) is 13.8 Å². The molecule has 0 radical (unpaired) electrons. The molecule has 0 aliphatic carbocycles. The van der Waals surface area contributed by atoms with Gasteiger partial charge >= 0.3 is 0 Å². The van der Waals surface area contributed by atoms with Gasteiger partial charge in [-0.2, -0.15) is 0 Å². The van der Waals surface area contributed by atoms with Gasteiger partial charge in [0, 0.05) is 19.3 Å². The Morgan fingerprint density at radius 2 is 2.25 bits per heavy atom. The minimum Gasteiger partial charge on any atom is -0.369 e. The fraction of sp³-hybridized carbons (Fsp3) is 0.455. The van der Waals surface area contributed by atoms with E-state index in [9.17, 15) is 4.79 Å². The number of pyridine rings is 1. The third-order valence-corrected chi connectivity index (χ3v) is 2.27. The highest BCUT2D eigenvalue weighted by Crippen LogP contribution is 2.19. The van der Waals surface area contributed by atoms with Gasteiger partial charge < -0.3 is 10.6 Å². The number of rotatable bonds is 5. The summed E-state index contributed by atoms with van der Waals surface area (Å²) in [6.07, 6.45) is 2.43. The van der Waals surface area contributed by atoms with Crippen molar-refractivity contribution in [3.05, 3.63) is 22.8 Å². The predicted molar refractivity (Wildman–Crippen MR) is 66.0 cm³/mol. The number of nitrogens with one attached hydrogen (secondary N) is 2. The van der Waals surface area contributed by atoms with Crippen molar-refractivity contribution in [3.63, 3.8) is 0 Å². The number of hydrogen-bond acceptors (Lipinski definition) is 3. The first kappa shape index (κ1) is 12.8. The van der Waals surface area contributed by atoms with Crippen LogP contribution in [0.1, 0.15) is 30.6 Å². The Labute approximate surface area is 100 Å². The largest absolute Gasteiger partial charge is 0.369 e. The Hall–Kier alpha value is -1.29. The van der Waals surface area contributed by atoms with Crippen molar-refractivity contribution in [1.82, 2.24) is 10.3 Å². The number of hydrogen-bond donors (Lipinski definition) is 2. The first-order valence-corrected chi connectivity index (χ1v) is 5.74.